The fourth-order valence-corrected chi connectivity index (χ4v) is 3.84. The third-order valence-electron chi connectivity index (χ3n) is 3.75. The van der Waals surface area contributed by atoms with Crippen molar-refractivity contribution in [2.75, 3.05) is 7.05 Å². The Morgan fingerprint density at radius 3 is 2.37 bits per heavy atom. The number of nitrogens with one attached hydrogen (secondary N) is 2. The Morgan fingerprint density at radius 1 is 1.04 bits per heavy atom. The van der Waals surface area contributed by atoms with Crippen LogP contribution in [0.5, 0.6) is 0 Å². The van der Waals surface area contributed by atoms with Gasteiger partial charge in [-0.05, 0) is 6.07 Å². The molecule has 8 heteroatoms. The minimum absolute atomic E-state index is 0.201. The molecule has 138 valence electrons. The maximum Gasteiger partial charge on any atom is 0.351 e. The number of esters is 1. The number of thiophene rings is 1. The smallest absolute Gasteiger partial charge is 0.351 e. The molecule has 0 aliphatic rings. The zero-order valence-corrected chi connectivity index (χ0v) is 15.8. The number of halogens is 1. The highest BCUT2D eigenvalue weighted by Gasteiger charge is 2.29. The number of hydrogen-bond acceptors (Lipinski definition) is 5. The summed E-state index contributed by atoms with van der Waals surface area (Å²) in [5, 5.41) is 5.43. The molecule has 0 aliphatic carbocycles. The van der Waals surface area contributed by atoms with E-state index in [1.54, 1.807) is 36.4 Å². The number of fused-ring (bicyclic) bond motifs is 1. The normalized spacial score (nSPS) is 11.6. The molecule has 27 heavy (non-hydrogen) atoms. The van der Waals surface area contributed by atoms with E-state index < -0.39 is 24.0 Å². The minimum atomic E-state index is -1.29. The van der Waals surface area contributed by atoms with Crippen LogP contribution < -0.4 is 10.6 Å². The number of urea groups is 1. The first-order valence-corrected chi connectivity index (χ1v) is 9.16. The predicted molar refractivity (Wildman–Crippen MR) is 104 cm³/mol. The summed E-state index contributed by atoms with van der Waals surface area (Å²) < 4.78 is 6.27. The Morgan fingerprint density at radius 2 is 1.70 bits per heavy atom. The molecule has 0 unspecified atom stereocenters. The molecule has 0 saturated heterocycles. The number of ether oxygens (including phenoxy) is 1. The fraction of sp³-hybridized carbons (Fsp3) is 0.105. The Bertz CT molecular complexity index is 1000. The van der Waals surface area contributed by atoms with E-state index in [0.29, 0.717) is 5.56 Å². The van der Waals surface area contributed by atoms with E-state index in [9.17, 15) is 14.4 Å². The van der Waals surface area contributed by atoms with Gasteiger partial charge < -0.3 is 10.1 Å². The van der Waals surface area contributed by atoms with Crippen LogP contribution in [0, 0.1) is 0 Å². The van der Waals surface area contributed by atoms with Crippen molar-refractivity contribution in [1.82, 2.24) is 10.6 Å². The molecule has 0 fully saturated rings. The number of carbonyl (C=O) groups excluding carboxylic acids is 3. The van der Waals surface area contributed by atoms with E-state index in [4.69, 9.17) is 16.3 Å². The van der Waals surface area contributed by atoms with Crippen molar-refractivity contribution in [3.8, 4) is 0 Å². The van der Waals surface area contributed by atoms with Crippen LogP contribution in [0.3, 0.4) is 0 Å². The molecule has 2 aromatic carbocycles. The lowest BCUT2D eigenvalue weighted by molar-refractivity contribution is -0.129. The molecule has 0 aliphatic heterocycles. The van der Waals surface area contributed by atoms with E-state index in [1.165, 1.54) is 18.4 Å². The van der Waals surface area contributed by atoms with E-state index >= 15 is 0 Å². The summed E-state index contributed by atoms with van der Waals surface area (Å²) in [6.07, 6.45) is -1.29. The van der Waals surface area contributed by atoms with Crippen molar-refractivity contribution < 1.29 is 19.1 Å². The second-order valence-electron chi connectivity index (χ2n) is 5.51. The van der Waals surface area contributed by atoms with Crippen LogP contribution in [-0.2, 0) is 9.53 Å². The molecule has 0 saturated carbocycles. The molecule has 3 amide bonds. The highest BCUT2D eigenvalue weighted by Crippen LogP contribution is 2.36. The quantitative estimate of drug-likeness (QED) is 0.648. The molecule has 1 heterocycles. The lowest BCUT2D eigenvalue weighted by Crippen LogP contribution is -2.41. The van der Waals surface area contributed by atoms with Crippen LogP contribution >= 0.6 is 22.9 Å². The zero-order valence-electron chi connectivity index (χ0n) is 14.2. The average molecular weight is 403 g/mol. The van der Waals surface area contributed by atoms with Crippen molar-refractivity contribution in [1.29, 1.82) is 0 Å². The fourth-order valence-electron chi connectivity index (χ4n) is 2.45. The molecular weight excluding hydrogens is 388 g/mol. The summed E-state index contributed by atoms with van der Waals surface area (Å²) >= 11 is 7.49. The molecule has 1 aromatic heterocycles. The molecule has 2 N–H and O–H groups in total. The lowest BCUT2D eigenvalue weighted by atomic mass is 10.1. The highest BCUT2D eigenvalue weighted by atomic mass is 35.5. The Kier molecular flexibility index (Phi) is 5.73. The standard InChI is InChI=1S/C19H15ClN2O4S/c1-21-19(25)22-17(23)15(11-7-3-2-4-8-11)26-18(24)16-14(20)12-9-5-6-10-13(12)27-16/h2-10,15H,1H3,(H2,21,22,23,25)/t15-/m0/s1. The summed E-state index contributed by atoms with van der Waals surface area (Å²) in [5.74, 6) is -1.49. The second kappa shape index (κ2) is 8.20. The summed E-state index contributed by atoms with van der Waals surface area (Å²) in [5.41, 5.74) is 0.435. The first kappa shape index (κ1) is 18.9. The summed E-state index contributed by atoms with van der Waals surface area (Å²) in [4.78, 5) is 36.8. The van der Waals surface area contributed by atoms with Gasteiger partial charge in [0, 0.05) is 22.7 Å². The second-order valence-corrected chi connectivity index (χ2v) is 6.94. The van der Waals surface area contributed by atoms with Crippen molar-refractivity contribution >= 4 is 50.9 Å². The number of imide groups is 1. The summed E-state index contributed by atoms with van der Waals surface area (Å²) in [6, 6.07) is 15.0. The van der Waals surface area contributed by atoms with E-state index in [1.807, 2.05) is 18.2 Å². The van der Waals surface area contributed by atoms with Gasteiger partial charge in [-0.15, -0.1) is 11.3 Å². The summed E-state index contributed by atoms with van der Waals surface area (Å²) in [7, 11) is 1.38. The van der Waals surface area contributed by atoms with Crippen LogP contribution in [0.1, 0.15) is 21.3 Å². The van der Waals surface area contributed by atoms with Crippen molar-refractivity contribution in [2.45, 2.75) is 6.10 Å². The van der Waals surface area contributed by atoms with Crippen molar-refractivity contribution in [2.24, 2.45) is 0 Å². The third-order valence-corrected chi connectivity index (χ3v) is 5.40. The van der Waals surface area contributed by atoms with Gasteiger partial charge in [-0.3, -0.25) is 10.1 Å². The van der Waals surface area contributed by atoms with Gasteiger partial charge in [-0.25, -0.2) is 9.59 Å². The number of hydrogen-bond donors (Lipinski definition) is 2. The van der Waals surface area contributed by atoms with E-state index in [0.717, 1.165) is 10.1 Å². The van der Waals surface area contributed by atoms with Gasteiger partial charge in [0.05, 0.1) is 5.02 Å². The first-order chi connectivity index (χ1) is 13.0. The van der Waals surface area contributed by atoms with Gasteiger partial charge in [0.2, 0.25) is 6.10 Å². The molecular formula is C19H15ClN2O4S. The van der Waals surface area contributed by atoms with Crippen LogP contribution in [0.4, 0.5) is 4.79 Å². The van der Waals surface area contributed by atoms with Gasteiger partial charge in [0.15, 0.2) is 0 Å². The van der Waals surface area contributed by atoms with Gasteiger partial charge in [0.25, 0.3) is 5.91 Å². The zero-order chi connectivity index (χ0) is 19.4. The monoisotopic (exact) mass is 402 g/mol. The third kappa shape index (κ3) is 4.10. The summed E-state index contributed by atoms with van der Waals surface area (Å²) in [6.45, 7) is 0. The van der Waals surface area contributed by atoms with Gasteiger partial charge >= 0.3 is 12.0 Å². The van der Waals surface area contributed by atoms with Crippen molar-refractivity contribution in [3.63, 3.8) is 0 Å². The Hall–Kier alpha value is -2.90. The van der Waals surface area contributed by atoms with Crippen molar-refractivity contribution in [3.05, 3.63) is 70.1 Å². The van der Waals surface area contributed by atoms with E-state index in [2.05, 4.69) is 10.6 Å². The largest absolute Gasteiger partial charge is 0.443 e. The topological polar surface area (TPSA) is 84.5 Å². The molecule has 1 atom stereocenters. The number of carbonyl (C=O) groups is 3. The van der Waals surface area contributed by atoms with Crippen LogP contribution in [-0.4, -0.2) is 25.0 Å². The predicted octanol–water partition coefficient (Wildman–Crippen LogP) is 3.91. The Balaban J connectivity index is 1.90. The molecule has 0 bridgehead atoms. The number of rotatable bonds is 4. The average Bonchev–Trinajstić information content (AvgIpc) is 3.03. The van der Waals surface area contributed by atoms with Gasteiger partial charge in [0.1, 0.15) is 4.88 Å². The number of amides is 3. The van der Waals surface area contributed by atoms with E-state index in [-0.39, 0.29) is 9.90 Å². The number of benzene rings is 2. The van der Waals surface area contributed by atoms with Crippen LogP contribution in [0.15, 0.2) is 54.6 Å². The highest BCUT2D eigenvalue weighted by molar-refractivity contribution is 7.21. The van der Waals surface area contributed by atoms with Crippen LogP contribution in [0.25, 0.3) is 10.1 Å². The Labute approximate surface area is 164 Å². The minimum Gasteiger partial charge on any atom is -0.443 e. The molecule has 3 rings (SSSR count). The maximum absolute atomic E-state index is 12.7. The maximum atomic E-state index is 12.7. The molecule has 6 nitrogen and oxygen atoms in total. The molecule has 0 spiro atoms. The molecule has 0 radical (unpaired) electrons. The first-order valence-electron chi connectivity index (χ1n) is 7.96. The SMILES string of the molecule is CNC(=O)NC(=O)[C@@H](OC(=O)c1sc2ccccc2c1Cl)c1ccccc1. The van der Waals surface area contributed by atoms with Crippen LogP contribution in [0.2, 0.25) is 5.02 Å². The van der Waals surface area contributed by atoms with Gasteiger partial charge in [-0.1, -0.05) is 60.1 Å². The molecule has 3 aromatic rings. The van der Waals surface area contributed by atoms with Gasteiger partial charge in [-0.2, -0.15) is 0 Å². The lowest BCUT2D eigenvalue weighted by Gasteiger charge is -2.17.